The third kappa shape index (κ3) is 7.30. The van der Waals surface area contributed by atoms with Crippen molar-refractivity contribution >= 4 is 0 Å². The van der Waals surface area contributed by atoms with E-state index < -0.39 is 0 Å². The molecule has 0 heterocycles. The van der Waals surface area contributed by atoms with E-state index in [0.717, 1.165) is 26.2 Å². The Hall–Kier alpha value is -0.120. The van der Waals surface area contributed by atoms with Gasteiger partial charge in [0, 0.05) is 13.1 Å². The van der Waals surface area contributed by atoms with E-state index >= 15 is 0 Å². The third-order valence-electron chi connectivity index (χ3n) is 2.30. The molecule has 0 fully saturated rings. The fourth-order valence-electron chi connectivity index (χ4n) is 1.38. The molecule has 14 heavy (non-hydrogen) atoms. The van der Waals surface area contributed by atoms with Crippen LogP contribution in [0.2, 0.25) is 0 Å². The number of nitrogens with one attached hydrogen (secondary N) is 1. The Morgan fingerprint density at radius 3 is 2.14 bits per heavy atom. The number of aliphatic hydroxyl groups excluding tert-OH is 1. The summed E-state index contributed by atoms with van der Waals surface area (Å²) in [5, 5.41) is 13.0. The lowest BCUT2D eigenvalue weighted by Crippen LogP contribution is -2.39. The second-order valence-electron chi connectivity index (χ2n) is 4.19. The van der Waals surface area contributed by atoms with E-state index in [4.69, 9.17) is 0 Å². The van der Waals surface area contributed by atoms with Gasteiger partial charge < -0.3 is 15.3 Å². The highest BCUT2D eigenvalue weighted by molar-refractivity contribution is 4.65. The van der Waals surface area contributed by atoms with Gasteiger partial charge in [-0.05, 0) is 25.6 Å². The first kappa shape index (κ1) is 13.9. The standard InChI is InChI=1S/C11H26N2O/c1-5-13(6-2)9-11(14)8-12-7-10(3)4/h10-12,14H,5-9H2,1-4H3. The minimum absolute atomic E-state index is 0.242. The molecule has 1 unspecified atom stereocenters. The normalized spacial score (nSPS) is 13.9. The second kappa shape index (κ2) is 8.21. The van der Waals surface area contributed by atoms with Crippen molar-refractivity contribution in [3.05, 3.63) is 0 Å². The van der Waals surface area contributed by atoms with E-state index in [1.54, 1.807) is 0 Å². The summed E-state index contributed by atoms with van der Waals surface area (Å²) >= 11 is 0. The van der Waals surface area contributed by atoms with E-state index in [1.807, 2.05) is 0 Å². The SMILES string of the molecule is CCN(CC)CC(O)CNCC(C)C. The molecule has 0 aromatic carbocycles. The van der Waals surface area contributed by atoms with E-state index in [1.165, 1.54) is 0 Å². The molecule has 86 valence electrons. The van der Waals surface area contributed by atoms with Crippen LogP contribution in [0, 0.1) is 5.92 Å². The molecule has 0 bridgehead atoms. The van der Waals surface area contributed by atoms with E-state index in [2.05, 4.69) is 37.9 Å². The van der Waals surface area contributed by atoms with Gasteiger partial charge >= 0.3 is 0 Å². The van der Waals surface area contributed by atoms with Crippen molar-refractivity contribution in [2.24, 2.45) is 5.92 Å². The Balaban J connectivity index is 3.48. The van der Waals surface area contributed by atoms with Crippen LogP contribution in [-0.4, -0.2) is 48.8 Å². The summed E-state index contributed by atoms with van der Waals surface area (Å²) in [5.41, 5.74) is 0. The van der Waals surface area contributed by atoms with Gasteiger partial charge in [0.05, 0.1) is 6.10 Å². The molecular weight excluding hydrogens is 176 g/mol. The predicted octanol–water partition coefficient (Wildman–Crippen LogP) is 0.935. The van der Waals surface area contributed by atoms with Crippen LogP contribution in [0.3, 0.4) is 0 Å². The first-order valence-corrected chi connectivity index (χ1v) is 5.71. The minimum Gasteiger partial charge on any atom is -0.390 e. The summed E-state index contributed by atoms with van der Waals surface area (Å²) in [6.45, 7) is 13.1. The van der Waals surface area contributed by atoms with Crippen LogP contribution in [0.4, 0.5) is 0 Å². The van der Waals surface area contributed by atoms with Gasteiger partial charge in [-0.2, -0.15) is 0 Å². The molecule has 2 N–H and O–H groups in total. The van der Waals surface area contributed by atoms with Gasteiger partial charge in [-0.1, -0.05) is 27.7 Å². The van der Waals surface area contributed by atoms with Crippen LogP contribution in [-0.2, 0) is 0 Å². The maximum atomic E-state index is 9.69. The number of hydrogen-bond donors (Lipinski definition) is 2. The van der Waals surface area contributed by atoms with Crippen LogP contribution in [0.1, 0.15) is 27.7 Å². The summed E-state index contributed by atoms with van der Waals surface area (Å²) in [5.74, 6) is 0.649. The molecule has 0 saturated heterocycles. The fraction of sp³-hybridized carbons (Fsp3) is 1.00. The van der Waals surface area contributed by atoms with E-state index in [-0.39, 0.29) is 6.10 Å². The quantitative estimate of drug-likeness (QED) is 0.615. The molecule has 0 saturated carbocycles. The summed E-state index contributed by atoms with van der Waals surface area (Å²) in [6.07, 6.45) is -0.242. The van der Waals surface area contributed by atoms with Crippen LogP contribution < -0.4 is 5.32 Å². The van der Waals surface area contributed by atoms with Crippen molar-refractivity contribution in [1.29, 1.82) is 0 Å². The molecule has 3 nitrogen and oxygen atoms in total. The first-order chi connectivity index (χ1) is 6.60. The summed E-state index contributed by atoms with van der Waals surface area (Å²) in [6, 6.07) is 0. The molecule has 0 aliphatic rings. The Morgan fingerprint density at radius 1 is 1.14 bits per heavy atom. The molecule has 0 spiro atoms. The Bertz CT molecular complexity index is 124. The van der Waals surface area contributed by atoms with Crippen molar-refractivity contribution in [2.45, 2.75) is 33.8 Å². The predicted molar refractivity (Wildman–Crippen MR) is 61.5 cm³/mol. The highest BCUT2D eigenvalue weighted by atomic mass is 16.3. The van der Waals surface area contributed by atoms with Gasteiger partial charge in [0.25, 0.3) is 0 Å². The second-order valence-corrected chi connectivity index (χ2v) is 4.19. The minimum atomic E-state index is -0.242. The van der Waals surface area contributed by atoms with Crippen LogP contribution in [0.15, 0.2) is 0 Å². The van der Waals surface area contributed by atoms with Crippen LogP contribution in [0.5, 0.6) is 0 Å². The Morgan fingerprint density at radius 2 is 1.71 bits per heavy atom. The molecule has 3 heteroatoms. The van der Waals surface area contributed by atoms with E-state index in [0.29, 0.717) is 12.5 Å². The van der Waals surface area contributed by atoms with Gasteiger partial charge in [0.15, 0.2) is 0 Å². The zero-order valence-corrected chi connectivity index (χ0v) is 10.1. The zero-order chi connectivity index (χ0) is 11.0. The Labute approximate surface area is 88.5 Å². The van der Waals surface area contributed by atoms with Crippen LogP contribution >= 0.6 is 0 Å². The lowest BCUT2D eigenvalue weighted by Gasteiger charge is -2.22. The lowest BCUT2D eigenvalue weighted by atomic mass is 10.2. The molecular formula is C11H26N2O. The number of aliphatic hydroxyl groups is 1. The molecule has 1 atom stereocenters. The average Bonchev–Trinajstić information content (AvgIpc) is 2.13. The number of rotatable bonds is 8. The van der Waals surface area contributed by atoms with Crippen molar-refractivity contribution in [3.63, 3.8) is 0 Å². The van der Waals surface area contributed by atoms with E-state index in [9.17, 15) is 5.11 Å². The lowest BCUT2D eigenvalue weighted by molar-refractivity contribution is 0.116. The van der Waals surface area contributed by atoms with Gasteiger partial charge in [-0.15, -0.1) is 0 Å². The average molecular weight is 202 g/mol. The Kier molecular flexibility index (Phi) is 8.14. The number of hydrogen-bond acceptors (Lipinski definition) is 3. The third-order valence-corrected chi connectivity index (χ3v) is 2.30. The molecule has 0 aliphatic heterocycles. The van der Waals surface area contributed by atoms with Gasteiger partial charge in [0.1, 0.15) is 0 Å². The molecule has 0 rings (SSSR count). The summed E-state index contributed by atoms with van der Waals surface area (Å²) < 4.78 is 0. The maximum Gasteiger partial charge on any atom is 0.0791 e. The number of nitrogens with zero attached hydrogens (tertiary/aromatic N) is 1. The van der Waals surface area contributed by atoms with Crippen LogP contribution in [0.25, 0.3) is 0 Å². The largest absolute Gasteiger partial charge is 0.390 e. The molecule has 0 aromatic rings. The van der Waals surface area contributed by atoms with Gasteiger partial charge in [-0.25, -0.2) is 0 Å². The van der Waals surface area contributed by atoms with Gasteiger partial charge in [0.2, 0.25) is 0 Å². The smallest absolute Gasteiger partial charge is 0.0791 e. The zero-order valence-electron chi connectivity index (χ0n) is 10.1. The summed E-state index contributed by atoms with van der Waals surface area (Å²) in [4.78, 5) is 2.24. The highest BCUT2D eigenvalue weighted by Crippen LogP contribution is 1.92. The molecule has 0 aromatic heterocycles. The highest BCUT2D eigenvalue weighted by Gasteiger charge is 2.08. The van der Waals surface area contributed by atoms with Crippen molar-refractivity contribution in [2.75, 3.05) is 32.7 Å². The molecule has 0 amide bonds. The topological polar surface area (TPSA) is 35.5 Å². The molecule has 0 aliphatic carbocycles. The first-order valence-electron chi connectivity index (χ1n) is 5.71. The van der Waals surface area contributed by atoms with Crippen molar-refractivity contribution in [3.8, 4) is 0 Å². The maximum absolute atomic E-state index is 9.69. The molecule has 0 radical (unpaired) electrons. The van der Waals surface area contributed by atoms with Crippen molar-refractivity contribution < 1.29 is 5.11 Å². The van der Waals surface area contributed by atoms with Gasteiger partial charge in [-0.3, -0.25) is 0 Å². The monoisotopic (exact) mass is 202 g/mol. The van der Waals surface area contributed by atoms with Crippen molar-refractivity contribution in [1.82, 2.24) is 10.2 Å². The number of likely N-dealkylation sites (N-methyl/N-ethyl adjacent to an activating group) is 1. The fourth-order valence-corrected chi connectivity index (χ4v) is 1.38. The summed E-state index contributed by atoms with van der Waals surface area (Å²) in [7, 11) is 0.